The monoisotopic (exact) mass is 502 g/mol. The van der Waals surface area contributed by atoms with Crippen LogP contribution in [-0.4, -0.2) is 61.2 Å². The van der Waals surface area contributed by atoms with Gasteiger partial charge in [0.2, 0.25) is 0 Å². The lowest BCUT2D eigenvalue weighted by Gasteiger charge is -2.37. The number of ether oxygens (including phenoxy) is 2. The summed E-state index contributed by atoms with van der Waals surface area (Å²) in [5.74, 6) is -0.0324. The Morgan fingerprint density at radius 1 is 1.05 bits per heavy atom. The predicted octanol–water partition coefficient (Wildman–Crippen LogP) is 5.35. The molecule has 0 bridgehead atoms. The summed E-state index contributed by atoms with van der Waals surface area (Å²) in [6.07, 6.45) is 8.87. The Hall–Kier alpha value is -3.22. The molecule has 0 N–H and O–H groups in total. The topological polar surface area (TPSA) is 42.0 Å². The number of nitrogens with zero attached hydrogens (tertiary/aromatic N) is 2. The van der Waals surface area contributed by atoms with Gasteiger partial charge < -0.3 is 14.4 Å². The number of piperidine rings is 1. The number of benzene rings is 2. The molecule has 0 radical (unpaired) electrons. The molecule has 37 heavy (non-hydrogen) atoms. The number of likely N-dealkylation sites (tertiary alicyclic amines) is 1. The van der Waals surface area contributed by atoms with Gasteiger partial charge in [-0.05, 0) is 68.2 Å². The Morgan fingerprint density at radius 2 is 1.81 bits per heavy atom. The number of rotatable bonds is 9. The first-order valence-electron chi connectivity index (χ1n) is 13.2. The maximum Gasteiger partial charge on any atom is 0.335 e. The highest BCUT2D eigenvalue weighted by Gasteiger charge is 2.31. The molecule has 0 amide bonds. The lowest BCUT2D eigenvalue weighted by Crippen LogP contribution is -2.43. The summed E-state index contributed by atoms with van der Waals surface area (Å²) in [7, 11) is 2.23. The third-order valence-corrected chi connectivity index (χ3v) is 7.55. The van der Waals surface area contributed by atoms with Gasteiger partial charge in [0.25, 0.3) is 0 Å². The van der Waals surface area contributed by atoms with E-state index in [1.165, 1.54) is 36.6 Å². The molecule has 2 heterocycles. The van der Waals surface area contributed by atoms with Crippen molar-refractivity contribution in [2.24, 2.45) is 0 Å². The fourth-order valence-electron chi connectivity index (χ4n) is 5.44. The van der Waals surface area contributed by atoms with Gasteiger partial charge in [-0.25, -0.2) is 9.18 Å². The average Bonchev–Trinajstić information content (AvgIpc) is 2.92. The molecule has 3 aliphatic rings. The second-order valence-corrected chi connectivity index (χ2v) is 10.1. The second-order valence-electron chi connectivity index (χ2n) is 10.1. The molecule has 2 aromatic rings. The molecule has 194 valence electrons. The first kappa shape index (κ1) is 25.4. The van der Waals surface area contributed by atoms with E-state index in [1.807, 2.05) is 12.2 Å². The third-order valence-electron chi connectivity index (χ3n) is 7.55. The minimum Gasteiger partial charge on any atom is -0.493 e. The van der Waals surface area contributed by atoms with Gasteiger partial charge in [-0.1, -0.05) is 54.6 Å². The first-order chi connectivity index (χ1) is 18.0. The van der Waals surface area contributed by atoms with Gasteiger partial charge in [-0.15, -0.1) is 0 Å². The summed E-state index contributed by atoms with van der Waals surface area (Å²) >= 11 is 0. The quantitative estimate of drug-likeness (QED) is 0.342. The van der Waals surface area contributed by atoms with E-state index in [2.05, 4.69) is 47.2 Å². The molecule has 0 spiro atoms. The SMILES string of the molecule is CN(Cc1ccccc1)C1CCN(CCCOC2=CC(=O)OC3CC(c4ccc(F)cc4)=CC=C23)CC1. The van der Waals surface area contributed by atoms with Crippen molar-refractivity contribution in [2.75, 3.05) is 33.3 Å². The van der Waals surface area contributed by atoms with Crippen LogP contribution in [-0.2, 0) is 20.8 Å². The van der Waals surface area contributed by atoms with Crippen molar-refractivity contribution < 1.29 is 18.7 Å². The number of carbonyl (C=O) groups excluding carboxylic acids is 1. The normalized spacial score (nSPS) is 20.6. The highest BCUT2D eigenvalue weighted by atomic mass is 19.1. The molecular formula is C31H35FN2O3. The molecule has 0 aromatic heterocycles. The highest BCUT2D eigenvalue weighted by molar-refractivity contribution is 5.86. The van der Waals surface area contributed by atoms with Gasteiger partial charge in [-0.2, -0.15) is 0 Å². The van der Waals surface area contributed by atoms with Gasteiger partial charge in [0.05, 0.1) is 12.7 Å². The number of halogens is 1. The van der Waals surface area contributed by atoms with Crippen LogP contribution in [0.5, 0.6) is 0 Å². The zero-order valence-electron chi connectivity index (χ0n) is 21.4. The van der Waals surface area contributed by atoms with Crippen LogP contribution in [0, 0.1) is 5.82 Å². The van der Waals surface area contributed by atoms with Crippen LogP contribution in [0.4, 0.5) is 4.39 Å². The largest absolute Gasteiger partial charge is 0.493 e. The molecular weight excluding hydrogens is 467 g/mol. The number of allylic oxidation sites excluding steroid dienone is 2. The summed E-state index contributed by atoms with van der Waals surface area (Å²) in [5.41, 5.74) is 4.20. The van der Waals surface area contributed by atoms with E-state index in [0.29, 0.717) is 24.8 Å². The van der Waals surface area contributed by atoms with Gasteiger partial charge >= 0.3 is 5.97 Å². The van der Waals surface area contributed by atoms with Crippen LogP contribution in [0.3, 0.4) is 0 Å². The van der Waals surface area contributed by atoms with Crippen molar-refractivity contribution in [3.8, 4) is 0 Å². The standard InChI is InChI=1S/C31H35FN2O3/c1-33(22-23-6-3-2-4-7-23)27-14-17-34(18-15-27)16-5-19-36-29-21-31(35)37-30-20-25(10-13-28(29)30)24-8-11-26(32)12-9-24/h2-4,6-13,21,27,30H,5,14-20,22H2,1H3. The van der Waals surface area contributed by atoms with Gasteiger partial charge in [0.15, 0.2) is 0 Å². The van der Waals surface area contributed by atoms with Crippen molar-refractivity contribution in [2.45, 2.75) is 44.4 Å². The molecule has 1 aliphatic carbocycles. The Balaban J connectivity index is 1.07. The van der Waals surface area contributed by atoms with E-state index < -0.39 is 0 Å². The Bertz CT molecular complexity index is 1160. The van der Waals surface area contributed by atoms with Crippen molar-refractivity contribution in [1.29, 1.82) is 0 Å². The molecule has 5 nitrogen and oxygen atoms in total. The first-order valence-corrected chi connectivity index (χ1v) is 13.2. The van der Waals surface area contributed by atoms with E-state index in [-0.39, 0.29) is 17.9 Å². The molecule has 1 fully saturated rings. The van der Waals surface area contributed by atoms with Crippen LogP contribution >= 0.6 is 0 Å². The molecule has 2 aromatic carbocycles. The number of hydrogen-bond acceptors (Lipinski definition) is 5. The van der Waals surface area contributed by atoms with E-state index in [0.717, 1.165) is 49.3 Å². The molecule has 2 aliphatic heterocycles. The van der Waals surface area contributed by atoms with Crippen LogP contribution in [0.2, 0.25) is 0 Å². The zero-order valence-corrected chi connectivity index (χ0v) is 21.4. The van der Waals surface area contributed by atoms with E-state index in [9.17, 15) is 9.18 Å². The zero-order chi connectivity index (χ0) is 25.6. The Kier molecular flexibility index (Phi) is 8.17. The summed E-state index contributed by atoms with van der Waals surface area (Å²) < 4.78 is 24.9. The fraction of sp³-hybridized carbons (Fsp3) is 0.387. The minimum atomic E-state index is -0.376. The predicted molar refractivity (Wildman–Crippen MR) is 143 cm³/mol. The number of hydrogen-bond donors (Lipinski definition) is 0. The molecule has 1 saturated heterocycles. The summed E-state index contributed by atoms with van der Waals surface area (Å²) in [6, 6.07) is 17.7. The van der Waals surface area contributed by atoms with Crippen molar-refractivity contribution >= 4 is 11.5 Å². The van der Waals surface area contributed by atoms with E-state index in [4.69, 9.17) is 9.47 Å². The Morgan fingerprint density at radius 3 is 2.57 bits per heavy atom. The fourth-order valence-corrected chi connectivity index (χ4v) is 5.44. The van der Waals surface area contributed by atoms with Gasteiger partial charge in [0.1, 0.15) is 17.7 Å². The van der Waals surface area contributed by atoms with Crippen LogP contribution in [0.15, 0.2) is 84.2 Å². The number of fused-ring (bicyclic) bond motifs is 1. The third kappa shape index (κ3) is 6.56. The maximum atomic E-state index is 13.3. The second kappa shape index (κ2) is 11.9. The minimum absolute atomic E-state index is 0.265. The van der Waals surface area contributed by atoms with Crippen molar-refractivity contribution in [3.05, 3.63) is 101 Å². The molecule has 1 atom stereocenters. The molecule has 6 heteroatoms. The maximum absolute atomic E-state index is 13.3. The average molecular weight is 503 g/mol. The van der Waals surface area contributed by atoms with Crippen molar-refractivity contribution in [3.63, 3.8) is 0 Å². The van der Waals surface area contributed by atoms with Crippen LogP contribution in [0.25, 0.3) is 5.57 Å². The van der Waals surface area contributed by atoms with Crippen LogP contribution in [0.1, 0.15) is 36.8 Å². The van der Waals surface area contributed by atoms with Gasteiger partial charge in [-0.3, -0.25) is 4.90 Å². The Labute approximate surface area is 218 Å². The number of carbonyl (C=O) groups is 1. The lowest BCUT2D eigenvalue weighted by molar-refractivity contribution is -0.142. The molecule has 0 saturated carbocycles. The van der Waals surface area contributed by atoms with Crippen LogP contribution < -0.4 is 0 Å². The van der Waals surface area contributed by atoms with Crippen molar-refractivity contribution in [1.82, 2.24) is 9.80 Å². The summed E-state index contributed by atoms with van der Waals surface area (Å²) in [4.78, 5) is 17.2. The molecule has 5 rings (SSSR count). The lowest BCUT2D eigenvalue weighted by atomic mass is 9.89. The highest BCUT2D eigenvalue weighted by Crippen LogP contribution is 2.35. The number of esters is 1. The summed E-state index contributed by atoms with van der Waals surface area (Å²) in [6.45, 7) is 4.75. The summed E-state index contributed by atoms with van der Waals surface area (Å²) in [5, 5.41) is 0. The van der Waals surface area contributed by atoms with Gasteiger partial charge in [0, 0.05) is 31.1 Å². The van der Waals surface area contributed by atoms with E-state index >= 15 is 0 Å². The van der Waals surface area contributed by atoms with E-state index in [1.54, 1.807) is 12.1 Å². The smallest absolute Gasteiger partial charge is 0.335 e. The molecule has 1 unspecified atom stereocenters.